The maximum Gasteiger partial charge on any atom is 0.253 e. The Morgan fingerprint density at radius 1 is 1.28 bits per heavy atom. The van der Waals surface area contributed by atoms with Crippen LogP contribution in [-0.2, 0) is 4.79 Å². The lowest BCUT2D eigenvalue weighted by molar-refractivity contribution is -0.122. The topological polar surface area (TPSA) is 88.8 Å². The van der Waals surface area contributed by atoms with Gasteiger partial charge in [0.1, 0.15) is 11.3 Å². The lowest BCUT2D eigenvalue weighted by atomic mass is 9.86. The van der Waals surface area contributed by atoms with Crippen molar-refractivity contribution in [2.45, 2.75) is 32.6 Å². The van der Waals surface area contributed by atoms with Gasteiger partial charge in [-0.2, -0.15) is 4.99 Å². The molecule has 0 bridgehead atoms. The first-order valence-electron chi connectivity index (χ1n) is 8.44. The Kier molecular flexibility index (Phi) is 3.91. The van der Waals surface area contributed by atoms with E-state index in [2.05, 4.69) is 25.3 Å². The molecule has 2 heterocycles. The van der Waals surface area contributed by atoms with Crippen molar-refractivity contribution < 1.29 is 9.53 Å². The van der Waals surface area contributed by atoms with Crippen LogP contribution in [0.1, 0.15) is 31.4 Å². The third-order valence-corrected chi connectivity index (χ3v) is 4.67. The van der Waals surface area contributed by atoms with Gasteiger partial charge in [0.15, 0.2) is 0 Å². The van der Waals surface area contributed by atoms with Gasteiger partial charge in [-0.25, -0.2) is 15.0 Å². The predicted molar refractivity (Wildman–Crippen MR) is 95.5 cm³/mol. The molecule has 1 aromatic carbocycles. The standard InChI is InChI=1S/C18H19N5O2/c1-10-11-7-5-9-14(25-2)15(11)21-17(19-10)23-18-20-13-8-4-3-6-12(13)16(24)22-18/h5,7,9,12H,3-4,6,8H2,1-2H3,(H,19,21,22,23,24). The zero-order valence-corrected chi connectivity index (χ0v) is 14.2. The largest absolute Gasteiger partial charge is 0.494 e. The van der Waals surface area contributed by atoms with Gasteiger partial charge in [-0.1, -0.05) is 18.6 Å². The number of benzene rings is 1. The van der Waals surface area contributed by atoms with Crippen molar-refractivity contribution in [3.63, 3.8) is 0 Å². The second-order valence-electron chi connectivity index (χ2n) is 6.29. The van der Waals surface area contributed by atoms with Crippen LogP contribution in [0.4, 0.5) is 5.95 Å². The second-order valence-corrected chi connectivity index (χ2v) is 6.29. The highest BCUT2D eigenvalue weighted by Gasteiger charge is 2.31. The van der Waals surface area contributed by atoms with E-state index in [4.69, 9.17) is 4.74 Å². The summed E-state index contributed by atoms with van der Waals surface area (Å²) in [4.78, 5) is 30.1. The van der Waals surface area contributed by atoms with Gasteiger partial charge in [-0.05, 0) is 32.3 Å². The van der Waals surface area contributed by atoms with Crippen molar-refractivity contribution in [1.29, 1.82) is 0 Å². The third kappa shape index (κ3) is 2.86. The molecule has 1 unspecified atom stereocenters. The van der Waals surface area contributed by atoms with Gasteiger partial charge in [0.25, 0.3) is 5.95 Å². The fourth-order valence-electron chi connectivity index (χ4n) is 3.40. The van der Waals surface area contributed by atoms with Gasteiger partial charge >= 0.3 is 0 Å². The molecule has 1 aromatic heterocycles. The molecule has 25 heavy (non-hydrogen) atoms. The number of nitrogens with zero attached hydrogens (tertiary/aromatic N) is 4. The first-order chi connectivity index (χ1) is 12.2. The minimum absolute atomic E-state index is 0.0291. The average Bonchev–Trinajstić information content (AvgIpc) is 2.61. The van der Waals surface area contributed by atoms with Gasteiger partial charge in [-0.3, -0.25) is 10.1 Å². The number of carbonyl (C=O) groups is 1. The highest BCUT2D eigenvalue weighted by atomic mass is 16.5. The Morgan fingerprint density at radius 3 is 3.00 bits per heavy atom. The first kappa shape index (κ1) is 15.7. The summed E-state index contributed by atoms with van der Waals surface area (Å²) in [6.45, 7) is 1.90. The van der Waals surface area contributed by atoms with Crippen molar-refractivity contribution in [2.24, 2.45) is 15.9 Å². The van der Waals surface area contributed by atoms with E-state index in [9.17, 15) is 4.79 Å². The number of hydrogen-bond acceptors (Lipinski definition) is 5. The van der Waals surface area contributed by atoms with Crippen molar-refractivity contribution in [2.75, 3.05) is 7.11 Å². The van der Waals surface area contributed by atoms with Crippen LogP contribution in [-0.4, -0.2) is 34.7 Å². The summed E-state index contributed by atoms with van der Waals surface area (Å²) in [5.41, 5.74) is 2.42. The lowest BCUT2D eigenvalue weighted by Gasteiger charge is -2.26. The van der Waals surface area contributed by atoms with Crippen molar-refractivity contribution in [3.05, 3.63) is 23.9 Å². The summed E-state index contributed by atoms with van der Waals surface area (Å²) in [7, 11) is 1.61. The molecule has 4 rings (SSSR count). The van der Waals surface area contributed by atoms with Gasteiger partial charge in [-0.15, -0.1) is 0 Å². The van der Waals surface area contributed by atoms with Crippen LogP contribution in [0.3, 0.4) is 0 Å². The monoisotopic (exact) mass is 337 g/mol. The first-order valence-corrected chi connectivity index (χ1v) is 8.44. The molecule has 1 fully saturated rings. The minimum Gasteiger partial charge on any atom is -0.494 e. The van der Waals surface area contributed by atoms with Crippen molar-refractivity contribution >= 4 is 34.4 Å². The van der Waals surface area contributed by atoms with Gasteiger partial charge in [0, 0.05) is 11.1 Å². The van der Waals surface area contributed by atoms with E-state index in [1.807, 2.05) is 25.1 Å². The molecule has 7 nitrogen and oxygen atoms in total. The van der Waals surface area contributed by atoms with E-state index in [0.29, 0.717) is 11.3 Å². The van der Waals surface area contributed by atoms with Gasteiger partial charge in [0.2, 0.25) is 11.9 Å². The molecule has 128 valence electrons. The van der Waals surface area contributed by atoms with E-state index in [1.54, 1.807) is 7.11 Å². The van der Waals surface area contributed by atoms with Crippen LogP contribution in [0.5, 0.6) is 5.75 Å². The zero-order valence-electron chi connectivity index (χ0n) is 14.2. The Hall–Kier alpha value is -2.83. The quantitative estimate of drug-likeness (QED) is 0.912. The number of ether oxygens (including phenoxy) is 1. The average molecular weight is 337 g/mol. The number of aromatic nitrogens is 2. The summed E-state index contributed by atoms with van der Waals surface area (Å²) in [5.74, 6) is 1.07. The Labute approximate surface area is 145 Å². The number of fused-ring (bicyclic) bond motifs is 2. The highest BCUT2D eigenvalue weighted by molar-refractivity contribution is 6.18. The van der Waals surface area contributed by atoms with Crippen LogP contribution in [0.15, 0.2) is 28.2 Å². The van der Waals surface area contributed by atoms with Gasteiger partial charge < -0.3 is 4.74 Å². The van der Waals surface area contributed by atoms with Crippen molar-refractivity contribution in [3.8, 4) is 5.75 Å². The number of para-hydroxylation sites is 1. The number of amides is 1. The number of aliphatic imine (C=N–C) groups is 2. The second kappa shape index (κ2) is 6.23. The number of aryl methyl sites for hydroxylation is 1. The van der Waals surface area contributed by atoms with Crippen LogP contribution < -0.4 is 10.1 Å². The van der Waals surface area contributed by atoms with Crippen LogP contribution >= 0.6 is 0 Å². The number of hydrogen-bond donors (Lipinski definition) is 1. The van der Waals surface area contributed by atoms with E-state index in [1.165, 1.54) is 0 Å². The molecule has 0 saturated heterocycles. The van der Waals surface area contributed by atoms with Crippen molar-refractivity contribution in [1.82, 2.24) is 15.3 Å². The summed E-state index contributed by atoms with van der Waals surface area (Å²) in [6.07, 6.45) is 3.85. The summed E-state index contributed by atoms with van der Waals surface area (Å²) < 4.78 is 5.38. The maximum absolute atomic E-state index is 12.3. The molecular formula is C18H19N5O2. The molecule has 1 atom stereocenters. The highest BCUT2D eigenvalue weighted by Crippen LogP contribution is 2.28. The van der Waals surface area contributed by atoms with E-state index in [0.717, 1.165) is 42.5 Å². The molecule has 0 spiro atoms. The normalized spacial score (nSPS) is 21.7. The van der Waals surface area contributed by atoms with E-state index < -0.39 is 0 Å². The molecule has 1 aliphatic heterocycles. The Balaban J connectivity index is 1.77. The molecular weight excluding hydrogens is 318 g/mol. The Morgan fingerprint density at radius 2 is 2.16 bits per heavy atom. The fourth-order valence-corrected chi connectivity index (χ4v) is 3.40. The molecule has 1 saturated carbocycles. The molecule has 2 aromatic rings. The van der Waals surface area contributed by atoms with E-state index in [-0.39, 0.29) is 23.7 Å². The van der Waals surface area contributed by atoms with Crippen LogP contribution in [0.25, 0.3) is 10.9 Å². The molecule has 2 aliphatic rings. The number of methoxy groups -OCH3 is 1. The molecule has 0 radical (unpaired) electrons. The Bertz CT molecular complexity index is 919. The smallest absolute Gasteiger partial charge is 0.253 e. The molecule has 7 heteroatoms. The molecule has 1 aliphatic carbocycles. The number of guanidine groups is 1. The van der Waals surface area contributed by atoms with E-state index >= 15 is 0 Å². The van der Waals surface area contributed by atoms with Crippen LogP contribution in [0.2, 0.25) is 0 Å². The lowest BCUT2D eigenvalue weighted by Crippen LogP contribution is -2.44. The summed E-state index contributed by atoms with van der Waals surface area (Å²) >= 11 is 0. The zero-order chi connectivity index (χ0) is 17.4. The number of rotatable bonds is 2. The molecule has 1 N–H and O–H groups in total. The number of nitrogens with one attached hydrogen (secondary N) is 1. The van der Waals surface area contributed by atoms with Crippen LogP contribution in [0, 0.1) is 12.8 Å². The van der Waals surface area contributed by atoms with Gasteiger partial charge in [0.05, 0.1) is 18.7 Å². The maximum atomic E-state index is 12.3. The SMILES string of the molecule is COc1cccc2c(C)nc(/N=C3/N=C4CCCCC4C(=O)N3)nc12. The molecule has 1 amide bonds. The summed E-state index contributed by atoms with van der Waals surface area (Å²) in [5, 5.41) is 3.68. The summed E-state index contributed by atoms with van der Waals surface area (Å²) in [6, 6.07) is 5.69. The number of carbonyl (C=O) groups excluding carboxylic acids is 1. The minimum atomic E-state index is -0.105. The fraction of sp³-hybridized carbons (Fsp3) is 0.389. The predicted octanol–water partition coefficient (Wildman–Crippen LogP) is 2.70. The third-order valence-electron chi connectivity index (χ3n) is 4.67.